The third-order valence-electron chi connectivity index (χ3n) is 4.49. The molecule has 3 aromatic rings. The quantitative estimate of drug-likeness (QED) is 0.172. The molecule has 10 heteroatoms. The molecule has 0 aliphatic heterocycles. The second-order valence-corrected chi connectivity index (χ2v) is 9.16. The second-order valence-electron chi connectivity index (χ2n) is 7.18. The summed E-state index contributed by atoms with van der Waals surface area (Å²) in [5.41, 5.74) is 4.63. The molecule has 182 valence electrons. The molecule has 0 bridgehead atoms. The Hall–Kier alpha value is -2.82. The number of carbonyl (C=O) groups excluding carboxylic acids is 2. The van der Waals surface area contributed by atoms with E-state index in [-0.39, 0.29) is 24.8 Å². The first-order chi connectivity index (χ1) is 16.9. The van der Waals surface area contributed by atoms with Crippen molar-refractivity contribution >= 4 is 69.5 Å². The predicted octanol–water partition coefficient (Wildman–Crippen LogP) is 5.71. The van der Waals surface area contributed by atoms with Crippen molar-refractivity contribution in [3.63, 3.8) is 0 Å². The van der Waals surface area contributed by atoms with Crippen molar-refractivity contribution in [2.45, 2.75) is 13.3 Å². The Morgan fingerprint density at radius 1 is 1.00 bits per heavy atom. The molecular formula is C25H22Cl2IN3O4. The van der Waals surface area contributed by atoms with Gasteiger partial charge in [-0.05, 0) is 71.0 Å². The van der Waals surface area contributed by atoms with Gasteiger partial charge in [-0.2, -0.15) is 5.10 Å². The molecule has 0 unspecified atom stereocenters. The normalized spacial score (nSPS) is 10.7. The topological polar surface area (TPSA) is 89.0 Å². The van der Waals surface area contributed by atoms with Gasteiger partial charge in [0.1, 0.15) is 0 Å². The first-order valence-electron chi connectivity index (χ1n) is 10.6. The minimum absolute atomic E-state index is 0.222. The van der Waals surface area contributed by atoms with Gasteiger partial charge in [-0.1, -0.05) is 53.5 Å². The molecule has 0 spiro atoms. The van der Waals surface area contributed by atoms with Gasteiger partial charge < -0.3 is 14.8 Å². The zero-order valence-electron chi connectivity index (χ0n) is 18.7. The van der Waals surface area contributed by atoms with E-state index in [1.807, 2.05) is 43.3 Å². The number of hydrazone groups is 1. The number of benzene rings is 3. The molecule has 0 aliphatic carbocycles. The maximum absolute atomic E-state index is 12.3. The molecule has 0 aliphatic rings. The highest BCUT2D eigenvalue weighted by Crippen LogP contribution is 2.34. The lowest BCUT2D eigenvalue weighted by Gasteiger charge is -2.14. The van der Waals surface area contributed by atoms with E-state index in [1.54, 1.807) is 24.3 Å². The number of halogens is 3. The molecule has 0 saturated heterocycles. The maximum Gasteiger partial charge on any atom is 0.262 e. The van der Waals surface area contributed by atoms with Gasteiger partial charge in [0.2, 0.25) is 5.91 Å². The van der Waals surface area contributed by atoms with Gasteiger partial charge >= 0.3 is 0 Å². The van der Waals surface area contributed by atoms with Gasteiger partial charge in [-0.25, -0.2) is 5.43 Å². The fraction of sp³-hybridized carbons (Fsp3) is 0.160. The number of amides is 2. The van der Waals surface area contributed by atoms with Crippen LogP contribution < -0.4 is 20.2 Å². The smallest absolute Gasteiger partial charge is 0.262 e. The van der Waals surface area contributed by atoms with Crippen LogP contribution in [0, 0.1) is 3.57 Å². The summed E-state index contributed by atoms with van der Waals surface area (Å²) in [6.07, 6.45) is 1.76. The van der Waals surface area contributed by atoms with E-state index in [4.69, 9.17) is 32.7 Å². The van der Waals surface area contributed by atoms with Gasteiger partial charge in [-0.15, -0.1) is 0 Å². The lowest BCUT2D eigenvalue weighted by Crippen LogP contribution is -2.21. The summed E-state index contributed by atoms with van der Waals surface area (Å²) in [6, 6.07) is 17.7. The third kappa shape index (κ3) is 8.41. The molecule has 0 fully saturated rings. The van der Waals surface area contributed by atoms with Crippen molar-refractivity contribution in [1.29, 1.82) is 0 Å². The number of carbonyl (C=O) groups is 2. The van der Waals surface area contributed by atoms with Crippen LogP contribution in [0.25, 0.3) is 0 Å². The van der Waals surface area contributed by atoms with Gasteiger partial charge in [-0.3, -0.25) is 9.59 Å². The number of nitrogens with zero attached hydrogens (tertiary/aromatic N) is 1. The number of ether oxygens (including phenoxy) is 2. The number of hydrogen-bond acceptors (Lipinski definition) is 5. The van der Waals surface area contributed by atoms with E-state index in [2.05, 4.69) is 38.4 Å². The molecule has 2 amide bonds. The average Bonchev–Trinajstić information content (AvgIpc) is 2.82. The molecule has 0 radical (unpaired) electrons. The van der Waals surface area contributed by atoms with E-state index in [0.29, 0.717) is 43.0 Å². The van der Waals surface area contributed by atoms with Crippen LogP contribution >= 0.6 is 45.8 Å². The predicted molar refractivity (Wildman–Crippen MR) is 147 cm³/mol. The van der Waals surface area contributed by atoms with Crippen LogP contribution in [0.1, 0.15) is 18.1 Å². The monoisotopic (exact) mass is 625 g/mol. The molecule has 0 saturated carbocycles. The first-order valence-corrected chi connectivity index (χ1v) is 12.4. The SMILES string of the molecule is CCOc1cc(/C=N/NC(=O)Cc2ccccc2)cc(I)c1OCC(=O)Nc1ccc(Cl)c(Cl)c1. The summed E-state index contributed by atoms with van der Waals surface area (Å²) in [4.78, 5) is 24.4. The van der Waals surface area contributed by atoms with Crippen molar-refractivity contribution in [3.8, 4) is 11.5 Å². The molecule has 2 N–H and O–H groups in total. The van der Waals surface area contributed by atoms with Crippen LogP contribution in [0.3, 0.4) is 0 Å². The minimum Gasteiger partial charge on any atom is -0.490 e. The standard InChI is InChI=1S/C25H22Cl2IN3O4/c1-2-34-22-11-17(14-29-31-23(32)12-16-6-4-3-5-7-16)10-21(28)25(22)35-15-24(33)30-18-8-9-19(26)20(27)13-18/h3-11,13-14H,2,12,15H2,1H3,(H,30,33)(H,31,32)/b29-14+. The van der Waals surface area contributed by atoms with Crippen LogP contribution in [-0.2, 0) is 16.0 Å². The highest BCUT2D eigenvalue weighted by molar-refractivity contribution is 14.1. The van der Waals surface area contributed by atoms with E-state index < -0.39 is 0 Å². The van der Waals surface area contributed by atoms with Crippen molar-refractivity contribution < 1.29 is 19.1 Å². The molecule has 0 atom stereocenters. The lowest BCUT2D eigenvalue weighted by molar-refractivity contribution is -0.120. The van der Waals surface area contributed by atoms with E-state index >= 15 is 0 Å². The second kappa shape index (κ2) is 13.3. The fourth-order valence-corrected chi connectivity index (χ4v) is 4.05. The van der Waals surface area contributed by atoms with Crippen LogP contribution in [0.4, 0.5) is 5.69 Å². The van der Waals surface area contributed by atoms with Gasteiger partial charge in [0.15, 0.2) is 18.1 Å². The van der Waals surface area contributed by atoms with E-state index in [1.165, 1.54) is 6.21 Å². The van der Waals surface area contributed by atoms with Crippen molar-refractivity contribution in [3.05, 3.63) is 85.4 Å². The zero-order valence-corrected chi connectivity index (χ0v) is 22.4. The Bertz CT molecular complexity index is 1220. The highest BCUT2D eigenvalue weighted by Gasteiger charge is 2.14. The van der Waals surface area contributed by atoms with Crippen LogP contribution in [0.5, 0.6) is 11.5 Å². The number of anilines is 1. The summed E-state index contributed by atoms with van der Waals surface area (Å²) < 4.78 is 12.2. The highest BCUT2D eigenvalue weighted by atomic mass is 127. The molecule has 7 nitrogen and oxygen atoms in total. The molecule has 0 aromatic heterocycles. The Morgan fingerprint density at radius 2 is 1.77 bits per heavy atom. The lowest BCUT2D eigenvalue weighted by atomic mass is 10.1. The van der Waals surface area contributed by atoms with Crippen LogP contribution in [0.15, 0.2) is 65.8 Å². The largest absolute Gasteiger partial charge is 0.490 e. The fourth-order valence-electron chi connectivity index (χ4n) is 2.97. The number of nitrogens with one attached hydrogen (secondary N) is 2. The number of hydrogen-bond donors (Lipinski definition) is 2. The average molecular weight is 626 g/mol. The minimum atomic E-state index is -0.367. The van der Waals surface area contributed by atoms with E-state index in [9.17, 15) is 9.59 Å². The zero-order chi connectivity index (χ0) is 25.2. The molecular weight excluding hydrogens is 604 g/mol. The van der Waals surface area contributed by atoms with Crippen molar-refractivity contribution in [1.82, 2.24) is 5.43 Å². The summed E-state index contributed by atoms with van der Waals surface area (Å²) in [5, 5.41) is 7.48. The summed E-state index contributed by atoms with van der Waals surface area (Å²) in [7, 11) is 0. The maximum atomic E-state index is 12.3. The summed E-state index contributed by atoms with van der Waals surface area (Å²) in [6.45, 7) is 2.01. The first kappa shape index (κ1) is 26.8. The Kier molecular flexibility index (Phi) is 10.2. The van der Waals surface area contributed by atoms with Crippen LogP contribution in [0.2, 0.25) is 10.0 Å². The van der Waals surface area contributed by atoms with Crippen LogP contribution in [-0.4, -0.2) is 31.2 Å². The number of rotatable bonds is 10. The third-order valence-corrected chi connectivity index (χ3v) is 6.03. The van der Waals surface area contributed by atoms with Crippen molar-refractivity contribution in [2.24, 2.45) is 5.10 Å². The van der Waals surface area contributed by atoms with Gasteiger partial charge in [0.25, 0.3) is 5.91 Å². The molecule has 35 heavy (non-hydrogen) atoms. The molecule has 3 aromatic carbocycles. The molecule has 3 rings (SSSR count). The summed E-state index contributed by atoms with van der Waals surface area (Å²) in [5.74, 6) is 0.300. The summed E-state index contributed by atoms with van der Waals surface area (Å²) >= 11 is 14.0. The van der Waals surface area contributed by atoms with Gasteiger partial charge in [0.05, 0.1) is 32.9 Å². The Morgan fingerprint density at radius 3 is 2.49 bits per heavy atom. The van der Waals surface area contributed by atoms with Gasteiger partial charge in [0, 0.05) is 5.69 Å². The van der Waals surface area contributed by atoms with Crippen molar-refractivity contribution in [2.75, 3.05) is 18.5 Å². The Labute approximate surface area is 226 Å². The molecule has 0 heterocycles. The Balaban J connectivity index is 1.62. The van der Waals surface area contributed by atoms with E-state index in [0.717, 1.165) is 5.56 Å².